The van der Waals surface area contributed by atoms with Gasteiger partial charge in [-0.05, 0) is 31.0 Å². The minimum atomic E-state index is 0.00211. The zero-order valence-electron chi connectivity index (χ0n) is 14.1. The van der Waals surface area contributed by atoms with Gasteiger partial charge >= 0.3 is 0 Å². The molecule has 1 amide bonds. The highest BCUT2D eigenvalue weighted by Crippen LogP contribution is 2.17. The second-order valence-electron chi connectivity index (χ2n) is 5.87. The van der Waals surface area contributed by atoms with Gasteiger partial charge in [-0.25, -0.2) is 0 Å². The Morgan fingerprint density at radius 1 is 1.24 bits per heavy atom. The number of nitrogens with zero attached hydrogens (tertiary/aromatic N) is 3. The molecule has 6 nitrogen and oxygen atoms in total. The summed E-state index contributed by atoms with van der Waals surface area (Å²) in [5.74, 6) is 1.14. The van der Waals surface area contributed by atoms with Crippen LogP contribution < -0.4 is 5.32 Å². The lowest BCUT2D eigenvalue weighted by Crippen LogP contribution is -2.22. The Hall–Kier alpha value is -3.02. The Balaban J connectivity index is 1.44. The Morgan fingerprint density at radius 3 is 2.96 bits per heavy atom. The summed E-state index contributed by atoms with van der Waals surface area (Å²) >= 11 is 0. The van der Waals surface area contributed by atoms with E-state index in [1.165, 1.54) is 0 Å². The number of amides is 1. The molecule has 2 aromatic heterocycles. The van der Waals surface area contributed by atoms with Crippen molar-refractivity contribution in [1.82, 2.24) is 20.4 Å². The van der Waals surface area contributed by atoms with E-state index in [4.69, 9.17) is 4.52 Å². The summed E-state index contributed by atoms with van der Waals surface area (Å²) < 4.78 is 5.27. The van der Waals surface area contributed by atoms with Crippen LogP contribution in [0, 0.1) is 6.92 Å². The van der Waals surface area contributed by atoms with Crippen molar-refractivity contribution in [2.75, 3.05) is 0 Å². The molecule has 0 fully saturated rings. The van der Waals surface area contributed by atoms with Crippen molar-refractivity contribution < 1.29 is 9.32 Å². The highest BCUT2D eigenvalue weighted by atomic mass is 16.5. The van der Waals surface area contributed by atoms with Crippen molar-refractivity contribution in [2.24, 2.45) is 0 Å². The lowest BCUT2D eigenvalue weighted by molar-refractivity contribution is -0.121. The van der Waals surface area contributed by atoms with Crippen LogP contribution in [0.2, 0.25) is 0 Å². The van der Waals surface area contributed by atoms with E-state index >= 15 is 0 Å². The first-order valence-electron chi connectivity index (χ1n) is 8.26. The predicted octanol–water partition coefficient (Wildman–Crippen LogP) is 3.08. The van der Waals surface area contributed by atoms with Gasteiger partial charge in [-0.2, -0.15) is 4.98 Å². The van der Waals surface area contributed by atoms with Crippen molar-refractivity contribution >= 4 is 5.91 Å². The van der Waals surface area contributed by atoms with Gasteiger partial charge in [0, 0.05) is 37.3 Å². The van der Waals surface area contributed by atoms with Crippen molar-refractivity contribution in [3.8, 4) is 11.4 Å². The second kappa shape index (κ2) is 8.19. The van der Waals surface area contributed by atoms with Gasteiger partial charge in [0.15, 0.2) is 0 Å². The molecule has 128 valence electrons. The number of hydrogen-bond donors (Lipinski definition) is 1. The molecule has 6 heteroatoms. The predicted molar refractivity (Wildman–Crippen MR) is 93.5 cm³/mol. The van der Waals surface area contributed by atoms with Crippen molar-refractivity contribution in [3.63, 3.8) is 0 Å². The maximum absolute atomic E-state index is 11.9. The molecular weight excluding hydrogens is 316 g/mol. The molecule has 25 heavy (non-hydrogen) atoms. The maximum Gasteiger partial charge on any atom is 0.226 e. The van der Waals surface area contributed by atoms with Crippen LogP contribution in [-0.2, 0) is 17.8 Å². The summed E-state index contributed by atoms with van der Waals surface area (Å²) in [6.07, 6.45) is 5.11. The monoisotopic (exact) mass is 336 g/mol. The van der Waals surface area contributed by atoms with Gasteiger partial charge in [-0.1, -0.05) is 35.0 Å². The fourth-order valence-electron chi connectivity index (χ4n) is 2.45. The smallest absolute Gasteiger partial charge is 0.226 e. The molecule has 3 rings (SSSR count). The molecule has 0 radical (unpaired) electrons. The molecule has 3 aromatic rings. The Morgan fingerprint density at radius 2 is 2.16 bits per heavy atom. The molecule has 0 saturated heterocycles. The van der Waals surface area contributed by atoms with Gasteiger partial charge in [0.2, 0.25) is 17.6 Å². The number of benzene rings is 1. The van der Waals surface area contributed by atoms with E-state index in [1.807, 2.05) is 43.3 Å². The fourth-order valence-corrected chi connectivity index (χ4v) is 2.45. The third-order valence-electron chi connectivity index (χ3n) is 3.75. The van der Waals surface area contributed by atoms with Gasteiger partial charge in [0.25, 0.3) is 0 Å². The molecule has 0 aliphatic carbocycles. The number of aromatic nitrogens is 3. The number of pyridine rings is 1. The van der Waals surface area contributed by atoms with E-state index in [0.29, 0.717) is 37.5 Å². The Bertz CT molecular complexity index is 830. The van der Waals surface area contributed by atoms with Crippen LogP contribution in [0.4, 0.5) is 0 Å². The molecule has 0 spiro atoms. The van der Waals surface area contributed by atoms with E-state index in [2.05, 4.69) is 20.4 Å². The molecule has 0 aliphatic heterocycles. The van der Waals surface area contributed by atoms with E-state index in [9.17, 15) is 4.79 Å². The number of rotatable bonds is 7. The molecule has 1 N–H and O–H groups in total. The van der Waals surface area contributed by atoms with Gasteiger partial charge in [0.05, 0.1) is 0 Å². The number of aryl methyl sites for hydroxylation is 2. The first kappa shape index (κ1) is 16.8. The zero-order valence-corrected chi connectivity index (χ0v) is 14.1. The summed E-state index contributed by atoms with van der Waals surface area (Å²) in [6, 6.07) is 11.7. The molecule has 0 aliphatic rings. The maximum atomic E-state index is 11.9. The van der Waals surface area contributed by atoms with Crippen molar-refractivity contribution in [1.29, 1.82) is 0 Å². The van der Waals surface area contributed by atoms with Gasteiger partial charge in [0.1, 0.15) is 0 Å². The van der Waals surface area contributed by atoms with Crippen LogP contribution in [0.15, 0.2) is 53.3 Å². The molecule has 0 unspecified atom stereocenters. The van der Waals surface area contributed by atoms with Gasteiger partial charge in [-0.3, -0.25) is 9.78 Å². The highest BCUT2D eigenvalue weighted by Gasteiger charge is 2.09. The average molecular weight is 336 g/mol. The average Bonchev–Trinajstić information content (AvgIpc) is 3.10. The minimum Gasteiger partial charge on any atom is -0.352 e. The topological polar surface area (TPSA) is 80.9 Å². The minimum absolute atomic E-state index is 0.00211. The first-order chi connectivity index (χ1) is 12.2. The van der Waals surface area contributed by atoms with Crippen LogP contribution in [0.3, 0.4) is 0 Å². The lowest BCUT2D eigenvalue weighted by Gasteiger charge is -2.04. The number of nitrogens with one attached hydrogen (secondary N) is 1. The van der Waals surface area contributed by atoms with Crippen LogP contribution in [0.1, 0.15) is 29.9 Å². The largest absolute Gasteiger partial charge is 0.352 e. The van der Waals surface area contributed by atoms with Crippen LogP contribution in [0.25, 0.3) is 11.4 Å². The molecule has 0 atom stereocenters. The number of carbonyl (C=O) groups is 1. The molecular formula is C19H20N4O2. The van der Waals surface area contributed by atoms with Crippen molar-refractivity contribution in [3.05, 3.63) is 65.8 Å². The Labute approximate surface area is 146 Å². The van der Waals surface area contributed by atoms with Crippen LogP contribution in [0.5, 0.6) is 0 Å². The van der Waals surface area contributed by atoms with Crippen LogP contribution >= 0.6 is 0 Å². The number of carbonyl (C=O) groups excluding carboxylic acids is 1. The second-order valence-corrected chi connectivity index (χ2v) is 5.87. The summed E-state index contributed by atoms with van der Waals surface area (Å²) in [5, 5.41) is 6.88. The molecule has 0 saturated carbocycles. The summed E-state index contributed by atoms with van der Waals surface area (Å²) in [6.45, 7) is 2.51. The van der Waals surface area contributed by atoms with Crippen LogP contribution in [-0.4, -0.2) is 21.0 Å². The lowest BCUT2D eigenvalue weighted by atomic mass is 10.1. The van der Waals surface area contributed by atoms with E-state index < -0.39 is 0 Å². The zero-order chi connectivity index (χ0) is 17.5. The first-order valence-corrected chi connectivity index (χ1v) is 8.26. The summed E-state index contributed by atoms with van der Waals surface area (Å²) in [4.78, 5) is 20.3. The standard InChI is InChI=1S/C19H20N4O2/c1-14-5-2-7-16(11-14)19-22-18(25-23-19)9-3-8-17(24)21-13-15-6-4-10-20-12-15/h2,4-7,10-12H,3,8-9,13H2,1H3,(H,21,24). The normalized spacial score (nSPS) is 10.6. The summed E-state index contributed by atoms with van der Waals surface area (Å²) in [7, 11) is 0. The van der Waals surface area contributed by atoms with E-state index in [1.54, 1.807) is 12.4 Å². The Kier molecular flexibility index (Phi) is 5.51. The molecule has 1 aromatic carbocycles. The van der Waals surface area contributed by atoms with E-state index in [0.717, 1.165) is 16.7 Å². The van der Waals surface area contributed by atoms with E-state index in [-0.39, 0.29) is 5.91 Å². The van der Waals surface area contributed by atoms with Gasteiger partial charge in [-0.15, -0.1) is 0 Å². The fraction of sp³-hybridized carbons (Fsp3) is 0.263. The van der Waals surface area contributed by atoms with Gasteiger partial charge < -0.3 is 9.84 Å². The van der Waals surface area contributed by atoms with Crippen molar-refractivity contribution in [2.45, 2.75) is 32.7 Å². The summed E-state index contributed by atoms with van der Waals surface area (Å²) in [5.41, 5.74) is 3.06. The number of hydrogen-bond acceptors (Lipinski definition) is 5. The molecule has 2 heterocycles. The third-order valence-corrected chi connectivity index (χ3v) is 3.75. The highest BCUT2D eigenvalue weighted by molar-refractivity contribution is 5.75. The third kappa shape index (κ3) is 4.97. The quantitative estimate of drug-likeness (QED) is 0.717. The molecule has 0 bridgehead atoms. The SMILES string of the molecule is Cc1cccc(-c2noc(CCCC(=O)NCc3cccnc3)n2)c1.